The minimum atomic E-state index is 0.298. The highest BCUT2D eigenvalue weighted by Crippen LogP contribution is 2.28. The Labute approximate surface area is 84.0 Å². The van der Waals surface area contributed by atoms with E-state index in [1.807, 2.05) is 25.1 Å². The van der Waals surface area contributed by atoms with Crippen molar-refractivity contribution < 1.29 is 9.47 Å². The van der Waals surface area contributed by atoms with Gasteiger partial charge in [-0.05, 0) is 24.6 Å². The summed E-state index contributed by atoms with van der Waals surface area (Å²) in [6.07, 6.45) is 0.298. The number of hydrogen-bond acceptors (Lipinski definition) is 3. The first-order chi connectivity index (χ1) is 6.79. The van der Waals surface area contributed by atoms with E-state index in [4.69, 9.17) is 9.47 Å². The Morgan fingerprint density at radius 3 is 2.64 bits per heavy atom. The molecule has 2 rings (SSSR count). The molecule has 0 unspecified atom stereocenters. The fourth-order valence-electron chi connectivity index (χ4n) is 1.40. The molecule has 76 valence electrons. The number of ether oxygens (including phenoxy) is 2. The minimum Gasteiger partial charge on any atom is -0.493 e. The zero-order valence-corrected chi connectivity index (χ0v) is 8.54. The molecule has 1 saturated heterocycles. The second-order valence-corrected chi connectivity index (χ2v) is 3.55. The summed E-state index contributed by atoms with van der Waals surface area (Å²) >= 11 is 0. The van der Waals surface area contributed by atoms with Crippen molar-refractivity contribution in [2.24, 2.45) is 0 Å². The smallest absolute Gasteiger partial charge is 0.161 e. The maximum atomic E-state index is 5.74. The van der Waals surface area contributed by atoms with E-state index < -0.39 is 0 Å². The maximum absolute atomic E-state index is 5.74. The molecule has 1 fully saturated rings. The van der Waals surface area contributed by atoms with Crippen LogP contribution in [0.25, 0.3) is 0 Å². The third-order valence-corrected chi connectivity index (χ3v) is 2.36. The average Bonchev–Trinajstić information content (AvgIpc) is 2.13. The lowest BCUT2D eigenvalue weighted by Crippen LogP contribution is -2.50. The van der Waals surface area contributed by atoms with Crippen LogP contribution in [0.5, 0.6) is 11.5 Å². The number of benzene rings is 1. The lowest BCUT2D eigenvalue weighted by atomic mass is 10.2. The molecule has 1 aliphatic heterocycles. The first-order valence-corrected chi connectivity index (χ1v) is 4.81. The van der Waals surface area contributed by atoms with Crippen molar-refractivity contribution in [3.8, 4) is 11.5 Å². The van der Waals surface area contributed by atoms with Crippen LogP contribution in [0, 0.1) is 6.92 Å². The third-order valence-electron chi connectivity index (χ3n) is 2.36. The molecule has 0 aliphatic carbocycles. The maximum Gasteiger partial charge on any atom is 0.161 e. The number of hydrogen-bond donors (Lipinski definition) is 1. The minimum absolute atomic E-state index is 0.298. The molecule has 0 amide bonds. The number of aryl methyl sites for hydroxylation is 1. The van der Waals surface area contributed by atoms with Crippen LogP contribution in [0.1, 0.15) is 5.56 Å². The Morgan fingerprint density at radius 1 is 1.29 bits per heavy atom. The standard InChI is InChI=1S/C11H15NO2/c1-8-3-4-10(11(5-8)13-2)14-9-6-12-7-9/h3-5,9,12H,6-7H2,1-2H3. The van der Waals surface area contributed by atoms with E-state index in [-0.39, 0.29) is 0 Å². The fraction of sp³-hybridized carbons (Fsp3) is 0.455. The Bertz CT molecular complexity index is 321. The van der Waals surface area contributed by atoms with Gasteiger partial charge in [0.05, 0.1) is 7.11 Å². The largest absolute Gasteiger partial charge is 0.493 e. The van der Waals surface area contributed by atoms with Gasteiger partial charge in [0.2, 0.25) is 0 Å². The van der Waals surface area contributed by atoms with Gasteiger partial charge in [0, 0.05) is 13.1 Å². The first-order valence-electron chi connectivity index (χ1n) is 4.81. The normalized spacial score (nSPS) is 16.1. The van der Waals surface area contributed by atoms with Crippen LogP contribution in [0.4, 0.5) is 0 Å². The molecular weight excluding hydrogens is 178 g/mol. The van der Waals surface area contributed by atoms with Gasteiger partial charge >= 0.3 is 0 Å². The second kappa shape index (κ2) is 3.88. The summed E-state index contributed by atoms with van der Waals surface area (Å²) in [6, 6.07) is 5.98. The Morgan fingerprint density at radius 2 is 2.07 bits per heavy atom. The molecule has 1 aliphatic rings. The summed E-state index contributed by atoms with van der Waals surface area (Å²) in [7, 11) is 1.67. The molecule has 0 spiro atoms. The van der Waals surface area contributed by atoms with Crippen LogP contribution in [0.3, 0.4) is 0 Å². The number of nitrogens with one attached hydrogen (secondary N) is 1. The van der Waals surface area contributed by atoms with Crippen molar-refractivity contribution in [3.05, 3.63) is 23.8 Å². The first kappa shape index (κ1) is 9.34. The van der Waals surface area contributed by atoms with Gasteiger partial charge in [0.15, 0.2) is 11.5 Å². The predicted molar refractivity (Wildman–Crippen MR) is 55.0 cm³/mol. The lowest BCUT2D eigenvalue weighted by Gasteiger charge is -2.28. The molecule has 0 bridgehead atoms. The van der Waals surface area contributed by atoms with Gasteiger partial charge in [-0.25, -0.2) is 0 Å². The van der Waals surface area contributed by atoms with Gasteiger partial charge in [-0.3, -0.25) is 0 Å². The van der Waals surface area contributed by atoms with Gasteiger partial charge < -0.3 is 14.8 Å². The highest BCUT2D eigenvalue weighted by atomic mass is 16.5. The van der Waals surface area contributed by atoms with Crippen molar-refractivity contribution >= 4 is 0 Å². The van der Waals surface area contributed by atoms with E-state index in [0.717, 1.165) is 24.6 Å². The van der Waals surface area contributed by atoms with Crippen LogP contribution in [-0.4, -0.2) is 26.3 Å². The predicted octanol–water partition coefficient (Wildman–Crippen LogP) is 1.35. The topological polar surface area (TPSA) is 30.5 Å². The van der Waals surface area contributed by atoms with Gasteiger partial charge in [-0.15, -0.1) is 0 Å². The van der Waals surface area contributed by atoms with Crippen LogP contribution >= 0.6 is 0 Å². The summed E-state index contributed by atoms with van der Waals surface area (Å²) < 4.78 is 11.0. The Balaban J connectivity index is 2.14. The quantitative estimate of drug-likeness (QED) is 0.786. The zero-order valence-electron chi connectivity index (χ0n) is 8.54. The molecule has 1 N–H and O–H groups in total. The molecule has 1 aromatic carbocycles. The average molecular weight is 193 g/mol. The summed E-state index contributed by atoms with van der Waals surface area (Å²) in [5.41, 5.74) is 1.18. The monoisotopic (exact) mass is 193 g/mol. The van der Waals surface area contributed by atoms with Crippen LogP contribution < -0.4 is 14.8 Å². The number of methoxy groups -OCH3 is 1. The molecule has 0 atom stereocenters. The third kappa shape index (κ3) is 1.82. The second-order valence-electron chi connectivity index (χ2n) is 3.55. The summed E-state index contributed by atoms with van der Waals surface area (Å²) in [5.74, 6) is 1.65. The van der Waals surface area contributed by atoms with Gasteiger partial charge in [-0.2, -0.15) is 0 Å². The lowest BCUT2D eigenvalue weighted by molar-refractivity contribution is 0.137. The van der Waals surface area contributed by atoms with Gasteiger partial charge in [-0.1, -0.05) is 6.07 Å². The van der Waals surface area contributed by atoms with Crippen molar-refractivity contribution in [3.63, 3.8) is 0 Å². The van der Waals surface area contributed by atoms with Crippen molar-refractivity contribution in [1.29, 1.82) is 0 Å². The van der Waals surface area contributed by atoms with Crippen LogP contribution in [-0.2, 0) is 0 Å². The SMILES string of the molecule is COc1cc(C)ccc1OC1CNC1. The molecule has 0 saturated carbocycles. The van der Waals surface area contributed by atoms with Gasteiger partial charge in [0.1, 0.15) is 6.10 Å². The van der Waals surface area contributed by atoms with Crippen molar-refractivity contribution in [2.45, 2.75) is 13.0 Å². The van der Waals surface area contributed by atoms with Gasteiger partial charge in [0.25, 0.3) is 0 Å². The van der Waals surface area contributed by atoms with E-state index in [9.17, 15) is 0 Å². The van der Waals surface area contributed by atoms with Crippen LogP contribution in [0.15, 0.2) is 18.2 Å². The summed E-state index contributed by atoms with van der Waals surface area (Å²) in [5, 5.41) is 3.16. The van der Waals surface area contributed by atoms with E-state index in [1.165, 1.54) is 5.56 Å². The molecular formula is C11H15NO2. The van der Waals surface area contributed by atoms with E-state index in [0.29, 0.717) is 6.10 Å². The molecule has 3 heteroatoms. The fourth-order valence-corrected chi connectivity index (χ4v) is 1.40. The Hall–Kier alpha value is -1.22. The molecule has 0 radical (unpaired) electrons. The summed E-state index contributed by atoms with van der Waals surface area (Å²) in [6.45, 7) is 3.89. The highest BCUT2D eigenvalue weighted by molar-refractivity contribution is 5.42. The molecule has 3 nitrogen and oxygen atoms in total. The molecule has 14 heavy (non-hydrogen) atoms. The van der Waals surface area contributed by atoms with Crippen molar-refractivity contribution in [2.75, 3.05) is 20.2 Å². The van der Waals surface area contributed by atoms with E-state index in [1.54, 1.807) is 7.11 Å². The highest BCUT2D eigenvalue weighted by Gasteiger charge is 2.19. The number of rotatable bonds is 3. The Kier molecular flexibility index (Phi) is 2.59. The molecule has 1 aromatic rings. The van der Waals surface area contributed by atoms with Crippen molar-refractivity contribution in [1.82, 2.24) is 5.32 Å². The van der Waals surface area contributed by atoms with Crippen LogP contribution in [0.2, 0.25) is 0 Å². The summed E-state index contributed by atoms with van der Waals surface area (Å²) in [4.78, 5) is 0. The van der Waals surface area contributed by atoms with E-state index >= 15 is 0 Å². The van der Waals surface area contributed by atoms with E-state index in [2.05, 4.69) is 5.32 Å². The molecule has 0 aromatic heterocycles. The zero-order chi connectivity index (χ0) is 9.97. The molecule has 1 heterocycles.